The molecule has 21 heavy (non-hydrogen) atoms. The molecular weight excluding hydrogens is 291 g/mol. The minimum absolute atomic E-state index is 0. The van der Waals surface area contributed by atoms with Gasteiger partial charge in [0.15, 0.2) is 0 Å². The lowest BCUT2D eigenvalue weighted by atomic mass is 10.2. The molecule has 2 aromatic rings. The van der Waals surface area contributed by atoms with Crippen molar-refractivity contribution in [2.45, 2.75) is 19.5 Å². The topological polar surface area (TPSA) is 33.1 Å². The van der Waals surface area contributed by atoms with Crippen LogP contribution in [0.2, 0.25) is 0 Å². The molecule has 114 valence electrons. The number of hydrogen-bond acceptors (Lipinski definition) is 3. The van der Waals surface area contributed by atoms with Crippen molar-refractivity contribution in [1.29, 1.82) is 0 Å². The van der Waals surface area contributed by atoms with Crippen LogP contribution in [0, 0.1) is 5.82 Å². The lowest BCUT2D eigenvalue weighted by molar-refractivity contribution is 0.196. The van der Waals surface area contributed by atoms with Crippen molar-refractivity contribution in [2.75, 3.05) is 19.6 Å². The minimum Gasteiger partial charge on any atom is -0.312 e. The van der Waals surface area contributed by atoms with Gasteiger partial charge in [0.05, 0.1) is 11.4 Å². The normalized spacial score (nSPS) is 19.2. The monoisotopic (exact) mass is 310 g/mol. The Balaban J connectivity index is 0.00000161. The summed E-state index contributed by atoms with van der Waals surface area (Å²) in [5.41, 5.74) is 2.03. The lowest BCUT2D eigenvalue weighted by Gasteiger charge is -2.31. The quantitative estimate of drug-likeness (QED) is 0.944. The second-order valence-electron chi connectivity index (χ2n) is 5.30. The van der Waals surface area contributed by atoms with Crippen molar-refractivity contribution in [3.05, 3.63) is 48.0 Å². The first kappa shape index (κ1) is 15.9. The van der Waals surface area contributed by atoms with Crippen molar-refractivity contribution in [2.24, 2.45) is 0 Å². The molecule has 0 spiro atoms. The number of halogens is 2. The predicted octanol–water partition coefficient (Wildman–Crippen LogP) is 2.23. The second kappa shape index (κ2) is 7.02. The Hall–Kier alpha value is -1.43. The smallest absolute Gasteiger partial charge is 0.123 e. The van der Waals surface area contributed by atoms with Gasteiger partial charge in [-0.05, 0) is 37.3 Å². The summed E-state index contributed by atoms with van der Waals surface area (Å²) in [5.74, 6) is -0.224. The number of benzene rings is 1. The van der Waals surface area contributed by atoms with Gasteiger partial charge in [-0.1, -0.05) is 0 Å². The van der Waals surface area contributed by atoms with Gasteiger partial charge in [-0.25, -0.2) is 9.07 Å². The number of nitrogens with zero attached hydrogens (tertiary/aromatic N) is 3. The summed E-state index contributed by atoms with van der Waals surface area (Å²) < 4.78 is 14.9. The zero-order valence-electron chi connectivity index (χ0n) is 12.0. The average molecular weight is 311 g/mol. The Kier molecular flexibility index (Phi) is 5.33. The Morgan fingerprint density at radius 1 is 1.29 bits per heavy atom. The summed E-state index contributed by atoms with van der Waals surface area (Å²) in [5, 5.41) is 7.79. The number of rotatable bonds is 3. The molecule has 1 aliphatic rings. The standard InChI is InChI=1S/C15H19FN4.ClH/c1-12-10-19(9-8-17-12)11-15-6-7-18-20(15)14-4-2-13(16)3-5-14;/h2-7,12,17H,8-11H2,1H3;1H/t12-;/m0./s1. The SMILES string of the molecule is C[C@H]1CN(Cc2ccnn2-c2ccc(F)cc2)CCN1.Cl. The fourth-order valence-electron chi connectivity index (χ4n) is 2.65. The fourth-order valence-corrected chi connectivity index (χ4v) is 2.65. The molecule has 1 aromatic heterocycles. The van der Waals surface area contributed by atoms with Gasteiger partial charge in [0.25, 0.3) is 0 Å². The lowest BCUT2D eigenvalue weighted by Crippen LogP contribution is -2.48. The number of nitrogens with one attached hydrogen (secondary N) is 1. The molecule has 6 heteroatoms. The van der Waals surface area contributed by atoms with E-state index < -0.39 is 0 Å². The molecule has 0 aliphatic carbocycles. The summed E-state index contributed by atoms with van der Waals surface area (Å²) >= 11 is 0. The van der Waals surface area contributed by atoms with Crippen LogP contribution in [-0.4, -0.2) is 40.4 Å². The molecule has 0 unspecified atom stereocenters. The molecule has 0 radical (unpaired) electrons. The van der Waals surface area contributed by atoms with E-state index >= 15 is 0 Å². The average Bonchev–Trinajstić information content (AvgIpc) is 2.88. The van der Waals surface area contributed by atoms with E-state index in [1.165, 1.54) is 12.1 Å². The van der Waals surface area contributed by atoms with Gasteiger partial charge in [0, 0.05) is 38.4 Å². The van der Waals surface area contributed by atoms with Crippen LogP contribution in [0.1, 0.15) is 12.6 Å². The van der Waals surface area contributed by atoms with Gasteiger partial charge in [0.1, 0.15) is 5.82 Å². The molecule has 1 aromatic carbocycles. The maximum atomic E-state index is 13.0. The zero-order chi connectivity index (χ0) is 13.9. The highest BCUT2D eigenvalue weighted by Crippen LogP contribution is 2.14. The third-order valence-corrected chi connectivity index (χ3v) is 3.63. The molecule has 1 fully saturated rings. The van der Waals surface area contributed by atoms with E-state index in [0.29, 0.717) is 6.04 Å². The summed E-state index contributed by atoms with van der Waals surface area (Å²) in [6.07, 6.45) is 1.80. The third-order valence-electron chi connectivity index (χ3n) is 3.63. The van der Waals surface area contributed by atoms with E-state index in [1.54, 1.807) is 18.3 Å². The van der Waals surface area contributed by atoms with Crippen molar-refractivity contribution < 1.29 is 4.39 Å². The van der Waals surface area contributed by atoms with Gasteiger partial charge < -0.3 is 5.32 Å². The van der Waals surface area contributed by atoms with E-state index in [9.17, 15) is 4.39 Å². The van der Waals surface area contributed by atoms with E-state index in [0.717, 1.165) is 37.6 Å². The highest BCUT2D eigenvalue weighted by Gasteiger charge is 2.17. The summed E-state index contributed by atoms with van der Waals surface area (Å²) in [7, 11) is 0. The van der Waals surface area contributed by atoms with E-state index in [-0.39, 0.29) is 18.2 Å². The molecule has 1 aliphatic heterocycles. The molecule has 1 saturated heterocycles. The van der Waals surface area contributed by atoms with Crippen molar-refractivity contribution in [1.82, 2.24) is 20.0 Å². The van der Waals surface area contributed by atoms with Gasteiger partial charge in [-0.2, -0.15) is 5.10 Å². The summed E-state index contributed by atoms with van der Waals surface area (Å²) in [6.45, 7) is 6.16. The van der Waals surface area contributed by atoms with Crippen LogP contribution in [0.5, 0.6) is 0 Å². The van der Waals surface area contributed by atoms with E-state index in [1.807, 2.05) is 10.7 Å². The number of aromatic nitrogens is 2. The number of piperazine rings is 1. The highest BCUT2D eigenvalue weighted by molar-refractivity contribution is 5.85. The second-order valence-corrected chi connectivity index (χ2v) is 5.30. The van der Waals surface area contributed by atoms with Crippen LogP contribution in [0.3, 0.4) is 0 Å². The van der Waals surface area contributed by atoms with E-state index in [2.05, 4.69) is 22.2 Å². The molecule has 4 nitrogen and oxygen atoms in total. The van der Waals surface area contributed by atoms with Crippen LogP contribution in [-0.2, 0) is 6.54 Å². The fraction of sp³-hybridized carbons (Fsp3) is 0.400. The molecule has 2 heterocycles. The van der Waals surface area contributed by atoms with Gasteiger partial charge in [-0.3, -0.25) is 4.90 Å². The van der Waals surface area contributed by atoms with Crippen LogP contribution >= 0.6 is 12.4 Å². The molecule has 0 amide bonds. The zero-order valence-corrected chi connectivity index (χ0v) is 12.8. The van der Waals surface area contributed by atoms with Crippen LogP contribution in [0.15, 0.2) is 36.5 Å². The summed E-state index contributed by atoms with van der Waals surface area (Å²) in [4.78, 5) is 2.41. The molecule has 0 bridgehead atoms. The van der Waals surface area contributed by atoms with Crippen LogP contribution in [0.4, 0.5) is 4.39 Å². The maximum absolute atomic E-state index is 13.0. The van der Waals surface area contributed by atoms with Gasteiger partial charge in [0.2, 0.25) is 0 Å². The molecule has 1 atom stereocenters. The maximum Gasteiger partial charge on any atom is 0.123 e. The Bertz CT molecular complexity index is 569. The largest absolute Gasteiger partial charge is 0.312 e. The minimum atomic E-state index is -0.224. The van der Waals surface area contributed by atoms with Crippen molar-refractivity contribution in [3.8, 4) is 5.69 Å². The first-order valence-corrected chi connectivity index (χ1v) is 6.97. The number of hydrogen-bond donors (Lipinski definition) is 1. The highest BCUT2D eigenvalue weighted by atomic mass is 35.5. The predicted molar refractivity (Wildman–Crippen MR) is 83.5 cm³/mol. The summed E-state index contributed by atoms with van der Waals surface area (Å²) in [6, 6.07) is 8.99. The van der Waals surface area contributed by atoms with Crippen molar-refractivity contribution in [3.63, 3.8) is 0 Å². The Labute approximate surface area is 130 Å². The third kappa shape index (κ3) is 3.81. The molecular formula is C15H20ClFN4. The van der Waals surface area contributed by atoms with Gasteiger partial charge in [-0.15, -0.1) is 12.4 Å². The van der Waals surface area contributed by atoms with E-state index in [4.69, 9.17) is 0 Å². The van der Waals surface area contributed by atoms with Crippen LogP contribution < -0.4 is 5.32 Å². The first-order valence-electron chi connectivity index (χ1n) is 6.97. The Morgan fingerprint density at radius 3 is 2.76 bits per heavy atom. The van der Waals surface area contributed by atoms with Gasteiger partial charge >= 0.3 is 0 Å². The van der Waals surface area contributed by atoms with Crippen molar-refractivity contribution >= 4 is 12.4 Å². The molecule has 0 saturated carbocycles. The Morgan fingerprint density at radius 2 is 2.05 bits per heavy atom. The van der Waals surface area contributed by atoms with Crippen LogP contribution in [0.25, 0.3) is 5.69 Å². The molecule has 1 N–H and O–H groups in total. The molecule has 3 rings (SSSR count). The first-order chi connectivity index (χ1) is 9.72.